The van der Waals surface area contributed by atoms with Gasteiger partial charge in [0.05, 0.1) is 11.4 Å². The summed E-state index contributed by atoms with van der Waals surface area (Å²) in [7, 11) is 0. The van der Waals surface area contributed by atoms with E-state index in [0.717, 1.165) is 28.0 Å². The third-order valence-corrected chi connectivity index (χ3v) is 4.16. The number of nitrogens with zero attached hydrogens (tertiary/aromatic N) is 3. The van der Waals surface area contributed by atoms with Crippen molar-refractivity contribution in [3.63, 3.8) is 0 Å². The lowest BCUT2D eigenvalue weighted by atomic mass is 10.2. The van der Waals surface area contributed by atoms with Crippen LogP contribution < -0.4 is 0 Å². The number of aryl methyl sites for hydroxylation is 2. The highest BCUT2D eigenvalue weighted by Gasteiger charge is 2.16. The number of carboxylic acid groups (broad SMARTS) is 1. The topological polar surface area (TPSA) is 68.0 Å². The summed E-state index contributed by atoms with van der Waals surface area (Å²) in [5.74, 6) is -0.0813. The molecule has 0 bridgehead atoms. The Labute approximate surface area is 129 Å². The molecule has 1 heterocycles. The molecule has 2 rings (SSSR count). The van der Waals surface area contributed by atoms with Crippen molar-refractivity contribution in [2.45, 2.75) is 25.4 Å². The molecule has 0 fully saturated rings. The van der Waals surface area contributed by atoms with E-state index in [4.69, 9.17) is 5.11 Å². The summed E-state index contributed by atoms with van der Waals surface area (Å²) in [5, 5.41) is 17.7. The second-order valence-corrected chi connectivity index (χ2v) is 6.06. The molecular weight excluding hydrogens is 342 g/mol. The molecule has 0 unspecified atom stereocenters. The van der Waals surface area contributed by atoms with Crippen LogP contribution in [0.25, 0.3) is 5.69 Å². The van der Waals surface area contributed by atoms with E-state index in [-0.39, 0.29) is 5.75 Å². The summed E-state index contributed by atoms with van der Waals surface area (Å²) >= 11 is 4.64. The van der Waals surface area contributed by atoms with Gasteiger partial charge in [0.25, 0.3) is 0 Å². The fourth-order valence-corrected chi connectivity index (χ4v) is 2.85. The average Bonchev–Trinajstić information content (AvgIpc) is 2.82. The van der Waals surface area contributed by atoms with E-state index >= 15 is 0 Å². The summed E-state index contributed by atoms with van der Waals surface area (Å²) in [6.07, 6.45) is 0.729. The number of rotatable bonds is 5. The molecule has 0 aliphatic heterocycles. The first-order valence-electron chi connectivity index (χ1n) is 6.08. The molecule has 0 atom stereocenters. The standard InChI is InChI=1S/C13H14BrN3O2S/c1-3-11-15-16-13(20-7-12(18)19)17(11)10-6-9(14)5-4-8(10)2/h4-6H,3,7H2,1-2H3,(H,18,19). The maximum atomic E-state index is 10.7. The van der Waals surface area contributed by atoms with Gasteiger partial charge in [0.15, 0.2) is 5.16 Å². The van der Waals surface area contributed by atoms with Crippen LogP contribution in [0.2, 0.25) is 0 Å². The van der Waals surface area contributed by atoms with Crippen molar-refractivity contribution >= 4 is 33.7 Å². The Hall–Kier alpha value is -1.34. The normalized spacial score (nSPS) is 10.8. The summed E-state index contributed by atoms with van der Waals surface area (Å²) in [5.41, 5.74) is 2.05. The molecule has 0 spiro atoms. The van der Waals surface area contributed by atoms with Crippen LogP contribution in [0.4, 0.5) is 0 Å². The maximum Gasteiger partial charge on any atom is 0.313 e. The Morgan fingerprint density at radius 1 is 1.45 bits per heavy atom. The number of aliphatic carboxylic acids is 1. The number of thioether (sulfide) groups is 1. The molecule has 1 aromatic heterocycles. The molecule has 2 aromatic rings. The highest BCUT2D eigenvalue weighted by Crippen LogP contribution is 2.26. The van der Waals surface area contributed by atoms with Crippen LogP contribution >= 0.6 is 27.7 Å². The molecule has 0 saturated heterocycles. The first kappa shape index (κ1) is 15.1. The number of halogens is 1. The largest absolute Gasteiger partial charge is 0.481 e. The van der Waals surface area contributed by atoms with Crippen LogP contribution in [0.15, 0.2) is 27.8 Å². The smallest absolute Gasteiger partial charge is 0.313 e. The predicted octanol–water partition coefficient (Wildman–Crippen LogP) is 3.08. The molecule has 106 valence electrons. The van der Waals surface area contributed by atoms with E-state index in [9.17, 15) is 4.79 Å². The van der Waals surface area contributed by atoms with Gasteiger partial charge in [-0.25, -0.2) is 0 Å². The molecule has 0 radical (unpaired) electrons. The molecule has 20 heavy (non-hydrogen) atoms. The lowest BCUT2D eigenvalue weighted by Gasteiger charge is -2.12. The Kier molecular flexibility index (Phi) is 4.82. The molecule has 0 aliphatic rings. The second-order valence-electron chi connectivity index (χ2n) is 4.20. The zero-order valence-corrected chi connectivity index (χ0v) is 13.5. The Balaban J connectivity index is 2.50. The summed E-state index contributed by atoms with van der Waals surface area (Å²) in [6, 6.07) is 5.96. The number of hydrogen-bond acceptors (Lipinski definition) is 4. The van der Waals surface area contributed by atoms with Crippen LogP contribution in [-0.2, 0) is 11.2 Å². The summed E-state index contributed by atoms with van der Waals surface area (Å²) < 4.78 is 2.89. The van der Waals surface area contributed by atoms with E-state index in [2.05, 4.69) is 26.1 Å². The molecule has 0 aliphatic carbocycles. The minimum absolute atomic E-state index is 0.0328. The third kappa shape index (κ3) is 3.21. The highest BCUT2D eigenvalue weighted by molar-refractivity contribution is 9.10. The molecule has 1 aromatic carbocycles. The van der Waals surface area contributed by atoms with Gasteiger partial charge in [0.2, 0.25) is 0 Å². The van der Waals surface area contributed by atoms with Crippen LogP contribution in [0.3, 0.4) is 0 Å². The van der Waals surface area contributed by atoms with Gasteiger partial charge in [-0.3, -0.25) is 9.36 Å². The van der Waals surface area contributed by atoms with Crippen LogP contribution in [0.1, 0.15) is 18.3 Å². The summed E-state index contributed by atoms with van der Waals surface area (Å²) in [6.45, 7) is 4.01. The van der Waals surface area contributed by atoms with Gasteiger partial charge in [-0.1, -0.05) is 40.7 Å². The van der Waals surface area contributed by atoms with Gasteiger partial charge in [-0.05, 0) is 24.6 Å². The Bertz CT molecular complexity index is 643. The molecule has 7 heteroatoms. The fraction of sp³-hybridized carbons (Fsp3) is 0.308. The molecule has 0 amide bonds. The number of aromatic nitrogens is 3. The van der Waals surface area contributed by atoms with Gasteiger partial charge < -0.3 is 5.11 Å². The molecule has 0 saturated carbocycles. The maximum absolute atomic E-state index is 10.7. The predicted molar refractivity (Wildman–Crippen MR) is 81.5 cm³/mol. The SMILES string of the molecule is CCc1nnc(SCC(=O)O)n1-c1cc(Br)ccc1C. The highest BCUT2D eigenvalue weighted by atomic mass is 79.9. The van der Waals surface area contributed by atoms with E-state index in [1.54, 1.807) is 0 Å². The van der Waals surface area contributed by atoms with Crippen molar-refractivity contribution in [1.29, 1.82) is 0 Å². The Morgan fingerprint density at radius 3 is 2.85 bits per heavy atom. The minimum Gasteiger partial charge on any atom is -0.481 e. The first-order valence-corrected chi connectivity index (χ1v) is 7.86. The fourth-order valence-electron chi connectivity index (χ4n) is 1.81. The van der Waals surface area contributed by atoms with Crippen LogP contribution in [0, 0.1) is 6.92 Å². The van der Waals surface area contributed by atoms with E-state index in [0.29, 0.717) is 5.16 Å². The van der Waals surface area contributed by atoms with Gasteiger partial charge in [0, 0.05) is 10.9 Å². The lowest BCUT2D eigenvalue weighted by Crippen LogP contribution is -2.06. The first-order chi connectivity index (χ1) is 9.52. The number of benzene rings is 1. The van der Waals surface area contributed by atoms with Gasteiger partial charge in [-0.15, -0.1) is 10.2 Å². The number of carbonyl (C=O) groups is 1. The zero-order chi connectivity index (χ0) is 14.7. The van der Waals surface area contributed by atoms with Crippen molar-refractivity contribution in [3.8, 4) is 5.69 Å². The van der Waals surface area contributed by atoms with Gasteiger partial charge in [0.1, 0.15) is 5.82 Å². The average molecular weight is 356 g/mol. The second kappa shape index (κ2) is 6.41. The van der Waals surface area contributed by atoms with Gasteiger partial charge in [-0.2, -0.15) is 0 Å². The summed E-state index contributed by atoms with van der Waals surface area (Å²) in [4.78, 5) is 10.7. The van der Waals surface area contributed by atoms with Crippen molar-refractivity contribution in [2.75, 3.05) is 5.75 Å². The monoisotopic (exact) mass is 355 g/mol. The minimum atomic E-state index is -0.867. The quantitative estimate of drug-likeness (QED) is 0.834. The van der Waals surface area contributed by atoms with E-state index in [1.807, 2.05) is 36.6 Å². The Morgan fingerprint density at radius 2 is 2.20 bits per heavy atom. The van der Waals surface area contributed by atoms with Crippen molar-refractivity contribution in [3.05, 3.63) is 34.1 Å². The number of hydrogen-bond donors (Lipinski definition) is 1. The van der Waals surface area contributed by atoms with E-state index < -0.39 is 5.97 Å². The lowest BCUT2D eigenvalue weighted by molar-refractivity contribution is -0.133. The number of carboxylic acids is 1. The van der Waals surface area contributed by atoms with Gasteiger partial charge >= 0.3 is 5.97 Å². The van der Waals surface area contributed by atoms with Crippen molar-refractivity contribution < 1.29 is 9.90 Å². The zero-order valence-electron chi connectivity index (χ0n) is 11.1. The van der Waals surface area contributed by atoms with Crippen molar-refractivity contribution in [1.82, 2.24) is 14.8 Å². The molecule has 1 N–H and O–H groups in total. The van der Waals surface area contributed by atoms with Crippen LogP contribution in [-0.4, -0.2) is 31.6 Å². The molecule has 5 nitrogen and oxygen atoms in total. The van der Waals surface area contributed by atoms with E-state index in [1.165, 1.54) is 11.8 Å². The van der Waals surface area contributed by atoms with Crippen molar-refractivity contribution in [2.24, 2.45) is 0 Å². The molecular formula is C13H14BrN3O2S. The third-order valence-electron chi connectivity index (χ3n) is 2.75. The van der Waals surface area contributed by atoms with Crippen LogP contribution in [0.5, 0.6) is 0 Å².